The molecule has 2 N–H and O–H groups in total. The number of hydrogen-bond donors (Lipinski definition) is 2. The lowest BCUT2D eigenvalue weighted by atomic mass is 10.2. The van der Waals surface area contributed by atoms with Gasteiger partial charge >= 0.3 is 0 Å². The van der Waals surface area contributed by atoms with Gasteiger partial charge in [0, 0.05) is 38.6 Å². The van der Waals surface area contributed by atoms with Gasteiger partial charge in [-0.1, -0.05) is 12.8 Å². The Kier molecular flexibility index (Phi) is 8.31. The van der Waals surface area contributed by atoms with Crippen LogP contribution in [-0.4, -0.2) is 58.7 Å². The average molecular weight is 328 g/mol. The standard InChI is InChI=1S/C12H25N3O3S.ClH/c16-19(17,15-6-3-1-2-4-7-15)14-10-12-9-13-5-8-18-11-12;/h12-14H,1-11H2;1H. The Balaban J connectivity index is 0.00000200. The maximum absolute atomic E-state index is 12.2. The molecule has 1 unspecified atom stereocenters. The molecule has 0 aromatic carbocycles. The van der Waals surface area contributed by atoms with E-state index in [1.54, 1.807) is 4.31 Å². The van der Waals surface area contributed by atoms with Gasteiger partial charge in [-0.05, 0) is 12.8 Å². The Morgan fingerprint density at radius 3 is 2.60 bits per heavy atom. The summed E-state index contributed by atoms with van der Waals surface area (Å²) in [5.41, 5.74) is 0. The van der Waals surface area contributed by atoms with Gasteiger partial charge in [-0.15, -0.1) is 12.4 Å². The van der Waals surface area contributed by atoms with Crippen LogP contribution in [0.2, 0.25) is 0 Å². The highest BCUT2D eigenvalue weighted by Crippen LogP contribution is 2.12. The van der Waals surface area contributed by atoms with Crippen LogP contribution in [0.25, 0.3) is 0 Å². The summed E-state index contributed by atoms with van der Waals surface area (Å²) in [6.45, 7) is 4.72. The summed E-state index contributed by atoms with van der Waals surface area (Å²) >= 11 is 0. The van der Waals surface area contributed by atoms with Crippen LogP contribution in [-0.2, 0) is 14.9 Å². The van der Waals surface area contributed by atoms with E-state index in [9.17, 15) is 8.42 Å². The van der Waals surface area contributed by atoms with Gasteiger partial charge in [0.2, 0.25) is 0 Å². The third kappa shape index (κ3) is 5.83. The first-order valence-corrected chi connectivity index (χ1v) is 8.66. The molecule has 2 aliphatic rings. The quantitative estimate of drug-likeness (QED) is 0.782. The van der Waals surface area contributed by atoms with Crippen molar-refractivity contribution in [3.8, 4) is 0 Å². The molecule has 2 heterocycles. The van der Waals surface area contributed by atoms with E-state index in [1.807, 2.05) is 0 Å². The maximum Gasteiger partial charge on any atom is 0.279 e. The number of rotatable bonds is 4. The topological polar surface area (TPSA) is 70.7 Å². The zero-order valence-electron chi connectivity index (χ0n) is 11.8. The smallest absolute Gasteiger partial charge is 0.279 e. The Morgan fingerprint density at radius 1 is 1.20 bits per heavy atom. The van der Waals surface area contributed by atoms with Crippen LogP contribution >= 0.6 is 12.4 Å². The molecular formula is C12H26ClN3O3S. The molecule has 0 aromatic heterocycles. The zero-order valence-corrected chi connectivity index (χ0v) is 13.5. The first kappa shape index (κ1) is 18.1. The molecule has 2 aliphatic heterocycles. The zero-order chi connectivity index (χ0) is 13.6. The van der Waals surface area contributed by atoms with Gasteiger partial charge in [0.05, 0.1) is 13.2 Å². The van der Waals surface area contributed by atoms with Gasteiger partial charge < -0.3 is 10.1 Å². The minimum absolute atomic E-state index is 0. The largest absolute Gasteiger partial charge is 0.380 e. The van der Waals surface area contributed by atoms with E-state index in [2.05, 4.69) is 10.0 Å². The van der Waals surface area contributed by atoms with Crippen molar-refractivity contribution in [3.63, 3.8) is 0 Å². The number of hydrogen-bond acceptors (Lipinski definition) is 4. The molecule has 0 aliphatic carbocycles. The highest BCUT2D eigenvalue weighted by atomic mass is 35.5. The molecule has 0 amide bonds. The predicted molar refractivity (Wildman–Crippen MR) is 81.4 cm³/mol. The number of nitrogens with zero attached hydrogens (tertiary/aromatic N) is 1. The molecule has 0 bridgehead atoms. The molecule has 1 atom stereocenters. The summed E-state index contributed by atoms with van der Waals surface area (Å²) < 4.78 is 34.2. The lowest BCUT2D eigenvalue weighted by molar-refractivity contribution is 0.124. The molecular weight excluding hydrogens is 302 g/mol. The normalized spacial score (nSPS) is 26.3. The van der Waals surface area contributed by atoms with Crippen molar-refractivity contribution in [2.45, 2.75) is 25.7 Å². The Morgan fingerprint density at radius 2 is 1.90 bits per heavy atom. The molecule has 2 rings (SSSR count). The van der Waals surface area contributed by atoms with Gasteiger partial charge in [-0.3, -0.25) is 0 Å². The summed E-state index contributed by atoms with van der Waals surface area (Å²) in [5, 5.41) is 3.25. The number of halogens is 1. The molecule has 0 aromatic rings. The predicted octanol–water partition coefficient (Wildman–Crippen LogP) is 0.355. The van der Waals surface area contributed by atoms with Crippen LogP contribution in [0.15, 0.2) is 0 Å². The van der Waals surface area contributed by atoms with Crippen LogP contribution < -0.4 is 10.0 Å². The Hall–Kier alpha value is 0.0800. The van der Waals surface area contributed by atoms with Gasteiger partial charge in [0.1, 0.15) is 0 Å². The van der Waals surface area contributed by atoms with Crippen molar-refractivity contribution in [1.29, 1.82) is 0 Å². The molecule has 0 radical (unpaired) electrons. The van der Waals surface area contributed by atoms with Crippen molar-refractivity contribution in [2.24, 2.45) is 5.92 Å². The molecule has 2 saturated heterocycles. The fourth-order valence-corrected chi connectivity index (χ4v) is 3.85. The van der Waals surface area contributed by atoms with E-state index in [0.29, 0.717) is 32.8 Å². The van der Waals surface area contributed by atoms with Crippen molar-refractivity contribution in [2.75, 3.05) is 45.9 Å². The molecule has 8 heteroatoms. The number of nitrogens with one attached hydrogen (secondary N) is 2. The first-order chi connectivity index (χ1) is 9.18. The van der Waals surface area contributed by atoms with Crippen molar-refractivity contribution in [3.05, 3.63) is 0 Å². The average Bonchev–Trinajstić information content (AvgIpc) is 2.81. The molecule has 120 valence electrons. The van der Waals surface area contributed by atoms with Crippen molar-refractivity contribution in [1.82, 2.24) is 14.3 Å². The summed E-state index contributed by atoms with van der Waals surface area (Å²) in [5.74, 6) is 0.212. The van der Waals surface area contributed by atoms with Gasteiger partial charge in [0.15, 0.2) is 0 Å². The molecule has 20 heavy (non-hydrogen) atoms. The highest BCUT2D eigenvalue weighted by Gasteiger charge is 2.24. The molecule has 2 fully saturated rings. The summed E-state index contributed by atoms with van der Waals surface area (Å²) in [7, 11) is -3.32. The van der Waals surface area contributed by atoms with Crippen LogP contribution in [0.5, 0.6) is 0 Å². The second kappa shape index (κ2) is 9.17. The summed E-state index contributed by atoms with van der Waals surface area (Å²) in [4.78, 5) is 0. The minimum atomic E-state index is -3.32. The Bertz CT molecular complexity index is 351. The van der Waals surface area contributed by atoms with Gasteiger partial charge in [-0.25, -0.2) is 4.72 Å². The molecule has 6 nitrogen and oxygen atoms in total. The third-order valence-corrected chi connectivity index (χ3v) is 5.25. The molecule has 0 spiro atoms. The van der Waals surface area contributed by atoms with Crippen LogP contribution in [0.1, 0.15) is 25.7 Å². The van der Waals surface area contributed by atoms with Crippen LogP contribution in [0.4, 0.5) is 0 Å². The van der Waals surface area contributed by atoms with E-state index in [0.717, 1.165) is 38.8 Å². The second-order valence-corrected chi connectivity index (χ2v) is 7.07. The van der Waals surface area contributed by atoms with E-state index in [1.165, 1.54) is 0 Å². The first-order valence-electron chi connectivity index (χ1n) is 7.22. The lowest BCUT2D eigenvalue weighted by Gasteiger charge is -2.22. The SMILES string of the molecule is Cl.O=S(=O)(NCC1CNCCOC1)N1CCCCCC1. The van der Waals surface area contributed by atoms with Crippen LogP contribution in [0.3, 0.4) is 0 Å². The van der Waals surface area contributed by atoms with E-state index < -0.39 is 10.2 Å². The van der Waals surface area contributed by atoms with Crippen molar-refractivity contribution < 1.29 is 13.2 Å². The van der Waals surface area contributed by atoms with Crippen molar-refractivity contribution >= 4 is 22.6 Å². The van der Waals surface area contributed by atoms with Gasteiger partial charge in [0.25, 0.3) is 10.2 Å². The lowest BCUT2D eigenvalue weighted by Crippen LogP contribution is -2.44. The fourth-order valence-electron chi connectivity index (χ4n) is 2.49. The minimum Gasteiger partial charge on any atom is -0.380 e. The maximum atomic E-state index is 12.2. The highest BCUT2D eigenvalue weighted by molar-refractivity contribution is 7.87. The molecule has 0 saturated carbocycles. The Labute approximate surface area is 128 Å². The van der Waals surface area contributed by atoms with E-state index in [-0.39, 0.29) is 18.3 Å². The van der Waals surface area contributed by atoms with E-state index >= 15 is 0 Å². The number of ether oxygens (including phenoxy) is 1. The monoisotopic (exact) mass is 327 g/mol. The third-order valence-electron chi connectivity index (χ3n) is 3.67. The van der Waals surface area contributed by atoms with E-state index in [4.69, 9.17) is 4.74 Å². The summed E-state index contributed by atoms with van der Waals surface area (Å²) in [6.07, 6.45) is 4.20. The van der Waals surface area contributed by atoms with Gasteiger partial charge in [-0.2, -0.15) is 12.7 Å². The fraction of sp³-hybridized carbons (Fsp3) is 1.00. The van der Waals surface area contributed by atoms with Crippen LogP contribution in [0, 0.1) is 5.92 Å². The second-order valence-electron chi connectivity index (χ2n) is 5.31. The summed E-state index contributed by atoms with van der Waals surface area (Å²) in [6, 6.07) is 0.